The fourth-order valence-corrected chi connectivity index (χ4v) is 3.52. The van der Waals surface area contributed by atoms with Crippen LogP contribution in [0.2, 0.25) is 0 Å². The summed E-state index contributed by atoms with van der Waals surface area (Å²) < 4.78 is 28.9. The largest absolute Gasteiger partial charge is 0.463 e. The summed E-state index contributed by atoms with van der Waals surface area (Å²) in [5, 5.41) is 0. The molecule has 0 rings (SSSR count). The third kappa shape index (κ3) is 13.4. The van der Waals surface area contributed by atoms with Gasteiger partial charge in [-0.15, -0.1) is 8.58 Å². The van der Waals surface area contributed by atoms with Crippen molar-refractivity contribution in [3.05, 3.63) is 0 Å². The van der Waals surface area contributed by atoms with E-state index in [4.69, 9.17) is 23.7 Å². The molecule has 0 aromatic rings. The Labute approximate surface area is 199 Å². The van der Waals surface area contributed by atoms with Crippen molar-refractivity contribution >= 4 is 14.6 Å². The first kappa shape index (κ1) is 31.7. The fourth-order valence-electron chi connectivity index (χ4n) is 2.97. The van der Waals surface area contributed by atoms with E-state index < -0.39 is 0 Å². The van der Waals surface area contributed by atoms with E-state index in [1.165, 1.54) is 0 Å². The number of carbonyl (C=O) groups is 1. The van der Waals surface area contributed by atoms with Crippen LogP contribution >= 0.6 is 8.58 Å². The number of esters is 1. The zero-order chi connectivity index (χ0) is 24.8. The Morgan fingerprint density at radius 2 is 1.53 bits per heavy atom. The number of ether oxygens (including phenoxy) is 5. The Bertz CT molecular complexity index is 505. The normalized spacial score (nSPS) is 14.5. The molecule has 2 atom stereocenters. The third-order valence-electron chi connectivity index (χ3n) is 6.36. The SMILES string of the molecule is CCPCC(=O)OCCOC(C)(C)CCOC(C)(C)C(C)(C)C(C)COCCOC(C)C. The first-order valence-corrected chi connectivity index (χ1v) is 13.5. The van der Waals surface area contributed by atoms with Crippen LogP contribution in [0.15, 0.2) is 0 Å². The molecule has 0 radical (unpaired) electrons. The van der Waals surface area contributed by atoms with E-state index in [0.29, 0.717) is 60.3 Å². The molecule has 7 heteroatoms. The van der Waals surface area contributed by atoms with Gasteiger partial charge in [-0.05, 0) is 65.5 Å². The number of hydrogen-bond donors (Lipinski definition) is 0. The van der Waals surface area contributed by atoms with Crippen molar-refractivity contribution in [3.8, 4) is 0 Å². The van der Waals surface area contributed by atoms with Gasteiger partial charge in [0.05, 0.1) is 49.9 Å². The van der Waals surface area contributed by atoms with Crippen LogP contribution in [0.5, 0.6) is 0 Å². The van der Waals surface area contributed by atoms with E-state index in [2.05, 4.69) is 41.5 Å². The lowest BCUT2D eigenvalue weighted by atomic mass is 9.68. The average Bonchev–Trinajstić information content (AvgIpc) is 2.68. The van der Waals surface area contributed by atoms with Crippen LogP contribution in [-0.4, -0.2) is 75.2 Å². The summed E-state index contributed by atoms with van der Waals surface area (Å²) in [6, 6.07) is 0. The molecule has 6 nitrogen and oxygen atoms in total. The Morgan fingerprint density at radius 3 is 2.12 bits per heavy atom. The van der Waals surface area contributed by atoms with Gasteiger partial charge in [-0.1, -0.05) is 27.7 Å². The van der Waals surface area contributed by atoms with Crippen molar-refractivity contribution < 1.29 is 28.5 Å². The fraction of sp³-hybridized carbons (Fsp3) is 0.960. The van der Waals surface area contributed by atoms with Crippen LogP contribution in [0.4, 0.5) is 0 Å². The van der Waals surface area contributed by atoms with E-state index in [-0.39, 0.29) is 28.7 Å². The standard InChI is InChI=1S/C25H51O6P/c1-11-32-19-22(26)29-16-17-30-23(5,6)12-13-31-25(9,10)24(7,8)21(4)18-27-14-15-28-20(2)3/h20-21,32H,11-19H2,1-10H3. The van der Waals surface area contributed by atoms with Crippen molar-refractivity contribution in [3.63, 3.8) is 0 Å². The minimum Gasteiger partial charge on any atom is -0.463 e. The highest BCUT2D eigenvalue weighted by Gasteiger charge is 2.42. The van der Waals surface area contributed by atoms with Crippen molar-refractivity contribution in [2.75, 3.05) is 52.0 Å². The van der Waals surface area contributed by atoms with Gasteiger partial charge in [-0.2, -0.15) is 0 Å². The number of carbonyl (C=O) groups excluding carboxylic acids is 1. The van der Waals surface area contributed by atoms with Gasteiger partial charge in [0.15, 0.2) is 0 Å². The van der Waals surface area contributed by atoms with Crippen LogP contribution in [0.1, 0.15) is 75.7 Å². The summed E-state index contributed by atoms with van der Waals surface area (Å²) >= 11 is 0. The Balaban J connectivity index is 4.32. The van der Waals surface area contributed by atoms with Gasteiger partial charge in [0.2, 0.25) is 0 Å². The molecule has 0 N–H and O–H groups in total. The third-order valence-corrected chi connectivity index (χ3v) is 7.39. The number of hydrogen-bond acceptors (Lipinski definition) is 6. The Morgan fingerprint density at radius 1 is 0.875 bits per heavy atom. The summed E-state index contributed by atoms with van der Waals surface area (Å²) in [6.07, 6.45) is 2.52. The van der Waals surface area contributed by atoms with Crippen LogP contribution in [0, 0.1) is 11.3 Å². The van der Waals surface area contributed by atoms with Crippen LogP contribution in [-0.2, 0) is 28.5 Å². The second-order valence-electron chi connectivity index (χ2n) is 10.3. The first-order valence-electron chi connectivity index (χ1n) is 12.1. The maximum absolute atomic E-state index is 11.6. The molecule has 0 spiro atoms. The van der Waals surface area contributed by atoms with Gasteiger partial charge in [-0.25, -0.2) is 0 Å². The molecule has 32 heavy (non-hydrogen) atoms. The molecule has 0 saturated heterocycles. The van der Waals surface area contributed by atoms with Crippen molar-refractivity contribution in [1.82, 2.24) is 0 Å². The summed E-state index contributed by atoms with van der Waals surface area (Å²) in [6.45, 7) is 24.4. The molecule has 0 aliphatic rings. The van der Waals surface area contributed by atoms with Crippen LogP contribution < -0.4 is 0 Å². The highest BCUT2D eigenvalue weighted by atomic mass is 31.1. The molecule has 0 aromatic carbocycles. The van der Waals surface area contributed by atoms with E-state index in [0.717, 1.165) is 12.6 Å². The number of rotatable bonds is 19. The zero-order valence-electron chi connectivity index (χ0n) is 22.5. The Hall–Kier alpha value is -0.260. The monoisotopic (exact) mass is 478 g/mol. The van der Waals surface area contributed by atoms with E-state index in [1.807, 2.05) is 27.7 Å². The van der Waals surface area contributed by atoms with E-state index >= 15 is 0 Å². The molecule has 192 valence electrons. The summed E-state index contributed by atoms with van der Waals surface area (Å²) in [7, 11) is 0.636. The van der Waals surface area contributed by atoms with Gasteiger partial charge < -0.3 is 23.7 Å². The van der Waals surface area contributed by atoms with Crippen molar-refractivity contribution in [2.24, 2.45) is 11.3 Å². The van der Waals surface area contributed by atoms with Crippen molar-refractivity contribution in [1.29, 1.82) is 0 Å². The molecule has 0 fully saturated rings. The molecular weight excluding hydrogens is 427 g/mol. The van der Waals surface area contributed by atoms with E-state index in [9.17, 15) is 4.79 Å². The Kier molecular flexibility index (Phi) is 15.5. The lowest BCUT2D eigenvalue weighted by molar-refractivity contribution is -0.150. The second kappa shape index (κ2) is 15.6. The van der Waals surface area contributed by atoms with Gasteiger partial charge in [0, 0.05) is 6.61 Å². The summed E-state index contributed by atoms with van der Waals surface area (Å²) in [5.74, 6) is 0.188. The molecule has 0 bridgehead atoms. The molecule has 0 aliphatic carbocycles. The predicted octanol–water partition coefficient (Wildman–Crippen LogP) is 5.31. The van der Waals surface area contributed by atoms with Crippen LogP contribution in [0.25, 0.3) is 0 Å². The quantitative estimate of drug-likeness (QED) is 0.142. The second-order valence-corrected chi connectivity index (χ2v) is 11.9. The minimum absolute atomic E-state index is 0.0791. The highest BCUT2D eigenvalue weighted by Crippen LogP contribution is 2.41. The average molecular weight is 479 g/mol. The van der Waals surface area contributed by atoms with Crippen molar-refractivity contribution in [2.45, 2.75) is 93.0 Å². The van der Waals surface area contributed by atoms with Gasteiger partial charge >= 0.3 is 5.97 Å². The summed E-state index contributed by atoms with van der Waals surface area (Å²) in [5.41, 5.74) is -0.747. The first-order chi connectivity index (χ1) is 14.7. The molecule has 0 amide bonds. The predicted molar refractivity (Wildman–Crippen MR) is 134 cm³/mol. The topological polar surface area (TPSA) is 63.2 Å². The molecular formula is C25H51O6P. The molecule has 0 heterocycles. The van der Waals surface area contributed by atoms with Gasteiger partial charge in [0.25, 0.3) is 0 Å². The minimum atomic E-state index is -0.344. The van der Waals surface area contributed by atoms with Crippen LogP contribution in [0.3, 0.4) is 0 Å². The smallest absolute Gasteiger partial charge is 0.309 e. The highest BCUT2D eigenvalue weighted by molar-refractivity contribution is 7.39. The van der Waals surface area contributed by atoms with E-state index in [1.54, 1.807) is 0 Å². The lowest BCUT2D eigenvalue weighted by Gasteiger charge is -2.46. The maximum Gasteiger partial charge on any atom is 0.309 e. The molecule has 2 unspecified atom stereocenters. The molecule has 0 saturated carbocycles. The molecule has 0 aliphatic heterocycles. The summed E-state index contributed by atoms with van der Waals surface area (Å²) in [4.78, 5) is 11.6. The lowest BCUT2D eigenvalue weighted by Crippen LogP contribution is -2.47. The maximum atomic E-state index is 11.6. The molecule has 0 aromatic heterocycles. The zero-order valence-corrected chi connectivity index (χ0v) is 23.5. The van der Waals surface area contributed by atoms with Gasteiger partial charge in [-0.3, -0.25) is 4.79 Å². The van der Waals surface area contributed by atoms with Gasteiger partial charge in [0.1, 0.15) is 6.61 Å².